The maximum absolute atomic E-state index is 11.6. The van der Waals surface area contributed by atoms with Gasteiger partial charge in [-0.3, -0.25) is 4.79 Å². The molecule has 0 aliphatic carbocycles. The second-order valence-corrected chi connectivity index (χ2v) is 3.91. The third kappa shape index (κ3) is 3.76. The van der Waals surface area contributed by atoms with Crippen molar-refractivity contribution in [3.63, 3.8) is 0 Å². The molecule has 0 saturated carbocycles. The Bertz CT molecular complexity index is 432. The molecule has 0 aliphatic rings. The smallest absolute Gasteiger partial charge is 0.339 e. The van der Waals surface area contributed by atoms with Crippen molar-refractivity contribution in [3.8, 4) is 0 Å². The Morgan fingerprint density at radius 3 is 2.61 bits per heavy atom. The number of esters is 1. The lowest BCUT2D eigenvalue weighted by Crippen LogP contribution is -2.32. The molecule has 0 radical (unpaired) electrons. The van der Waals surface area contributed by atoms with E-state index >= 15 is 0 Å². The summed E-state index contributed by atoms with van der Waals surface area (Å²) in [6.07, 6.45) is 0. The van der Waals surface area contributed by atoms with Crippen molar-refractivity contribution in [2.75, 3.05) is 32.1 Å². The van der Waals surface area contributed by atoms with Crippen molar-refractivity contribution in [3.05, 3.63) is 29.8 Å². The zero-order valence-corrected chi connectivity index (χ0v) is 10.9. The van der Waals surface area contributed by atoms with E-state index in [1.54, 1.807) is 12.1 Å². The Morgan fingerprint density at radius 2 is 2.00 bits per heavy atom. The van der Waals surface area contributed by atoms with Gasteiger partial charge in [0.15, 0.2) is 0 Å². The molecular weight excluding hydrogens is 232 g/mol. The fraction of sp³-hybridized carbons (Fsp3) is 0.385. The molecular formula is C13H18N2O3. The number of carbonyl (C=O) groups is 2. The molecule has 1 amide bonds. The van der Waals surface area contributed by atoms with E-state index in [0.29, 0.717) is 18.7 Å². The highest BCUT2D eigenvalue weighted by Crippen LogP contribution is 2.19. The van der Waals surface area contributed by atoms with Crippen molar-refractivity contribution in [1.29, 1.82) is 0 Å². The minimum atomic E-state index is -0.364. The Kier molecular flexibility index (Phi) is 5.17. The van der Waals surface area contributed by atoms with Gasteiger partial charge in [-0.25, -0.2) is 4.79 Å². The predicted octanol–water partition coefficient (Wildman–Crippen LogP) is 1.05. The number of amides is 1. The van der Waals surface area contributed by atoms with Crippen LogP contribution in [0, 0.1) is 0 Å². The van der Waals surface area contributed by atoms with Crippen molar-refractivity contribution in [1.82, 2.24) is 5.32 Å². The quantitative estimate of drug-likeness (QED) is 0.793. The van der Waals surface area contributed by atoms with E-state index in [0.717, 1.165) is 5.69 Å². The summed E-state index contributed by atoms with van der Waals surface area (Å²) < 4.78 is 4.73. The number of benzene rings is 1. The Labute approximate surface area is 107 Å². The summed E-state index contributed by atoms with van der Waals surface area (Å²) in [6.45, 7) is 2.62. The average molecular weight is 250 g/mol. The number of hydrogen-bond donors (Lipinski definition) is 1. The Morgan fingerprint density at radius 1 is 1.33 bits per heavy atom. The van der Waals surface area contributed by atoms with Crippen molar-refractivity contribution in [2.45, 2.75) is 6.92 Å². The monoisotopic (exact) mass is 250 g/mol. The number of rotatable bonds is 5. The molecule has 1 aromatic rings. The van der Waals surface area contributed by atoms with E-state index in [1.165, 1.54) is 14.0 Å². The lowest BCUT2D eigenvalue weighted by molar-refractivity contribution is -0.118. The molecule has 0 atom stereocenters. The first-order valence-corrected chi connectivity index (χ1v) is 5.69. The van der Waals surface area contributed by atoms with Crippen LogP contribution >= 0.6 is 0 Å². The number of para-hydroxylation sites is 1. The largest absolute Gasteiger partial charge is 0.465 e. The summed E-state index contributed by atoms with van der Waals surface area (Å²) in [4.78, 5) is 24.3. The van der Waals surface area contributed by atoms with Crippen LogP contribution in [0.2, 0.25) is 0 Å². The number of anilines is 1. The summed E-state index contributed by atoms with van der Waals surface area (Å²) >= 11 is 0. The van der Waals surface area contributed by atoms with Crippen LogP contribution in [0.25, 0.3) is 0 Å². The summed E-state index contributed by atoms with van der Waals surface area (Å²) in [5.41, 5.74) is 1.31. The molecule has 0 heterocycles. The molecule has 1 N–H and O–H groups in total. The minimum Gasteiger partial charge on any atom is -0.465 e. The molecule has 5 heteroatoms. The predicted molar refractivity (Wildman–Crippen MR) is 69.7 cm³/mol. The van der Waals surface area contributed by atoms with Crippen LogP contribution in [-0.4, -0.2) is 39.1 Å². The maximum Gasteiger partial charge on any atom is 0.339 e. The average Bonchev–Trinajstić information content (AvgIpc) is 2.37. The van der Waals surface area contributed by atoms with Crippen LogP contribution in [0.3, 0.4) is 0 Å². The third-order valence-corrected chi connectivity index (χ3v) is 2.54. The first-order chi connectivity index (χ1) is 8.56. The first-order valence-electron chi connectivity index (χ1n) is 5.69. The lowest BCUT2D eigenvalue weighted by Gasteiger charge is -2.21. The summed E-state index contributed by atoms with van der Waals surface area (Å²) in [7, 11) is 3.22. The second kappa shape index (κ2) is 6.64. The fourth-order valence-electron chi connectivity index (χ4n) is 1.61. The van der Waals surface area contributed by atoms with Gasteiger partial charge in [0.1, 0.15) is 0 Å². The number of methoxy groups -OCH3 is 1. The molecule has 98 valence electrons. The first kappa shape index (κ1) is 14.0. The van der Waals surface area contributed by atoms with E-state index in [9.17, 15) is 9.59 Å². The Balaban J connectivity index is 2.75. The number of likely N-dealkylation sites (N-methyl/N-ethyl adjacent to an activating group) is 1. The van der Waals surface area contributed by atoms with Crippen LogP contribution in [0.4, 0.5) is 5.69 Å². The standard InChI is InChI=1S/C13H18N2O3/c1-10(16)14-8-9-15(2)12-7-5-4-6-11(12)13(17)18-3/h4-7H,8-9H2,1-3H3,(H,14,16). The van der Waals surface area contributed by atoms with Gasteiger partial charge in [0.05, 0.1) is 18.4 Å². The van der Waals surface area contributed by atoms with Crippen LogP contribution in [-0.2, 0) is 9.53 Å². The fourth-order valence-corrected chi connectivity index (χ4v) is 1.61. The van der Waals surface area contributed by atoms with E-state index in [-0.39, 0.29) is 11.9 Å². The molecule has 0 saturated heterocycles. The molecule has 1 aromatic carbocycles. The number of nitrogens with one attached hydrogen (secondary N) is 1. The van der Waals surface area contributed by atoms with Gasteiger partial charge in [0, 0.05) is 27.1 Å². The molecule has 0 fully saturated rings. The van der Waals surface area contributed by atoms with Gasteiger partial charge in [-0.1, -0.05) is 12.1 Å². The van der Waals surface area contributed by atoms with Crippen molar-refractivity contribution in [2.24, 2.45) is 0 Å². The minimum absolute atomic E-state index is 0.0651. The highest BCUT2D eigenvalue weighted by Gasteiger charge is 2.13. The molecule has 0 spiro atoms. The SMILES string of the molecule is COC(=O)c1ccccc1N(C)CCNC(C)=O. The van der Waals surface area contributed by atoms with E-state index < -0.39 is 0 Å². The number of carbonyl (C=O) groups excluding carboxylic acids is 2. The van der Waals surface area contributed by atoms with Gasteiger partial charge in [0.2, 0.25) is 5.91 Å². The molecule has 18 heavy (non-hydrogen) atoms. The zero-order valence-electron chi connectivity index (χ0n) is 10.9. The van der Waals surface area contributed by atoms with Crippen LogP contribution in [0.1, 0.15) is 17.3 Å². The molecule has 5 nitrogen and oxygen atoms in total. The summed E-state index contributed by atoms with van der Waals surface area (Å²) in [5, 5.41) is 2.71. The van der Waals surface area contributed by atoms with Crippen molar-refractivity contribution >= 4 is 17.6 Å². The Hall–Kier alpha value is -2.04. The van der Waals surface area contributed by atoms with Crippen LogP contribution in [0.15, 0.2) is 24.3 Å². The van der Waals surface area contributed by atoms with Crippen molar-refractivity contribution < 1.29 is 14.3 Å². The van der Waals surface area contributed by atoms with E-state index in [4.69, 9.17) is 4.74 Å². The highest BCUT2D eigenvalue weighted by atomic mass is 16.5. The van der Waals surface area contributed by atoms with Gasteiger partial charge in [-0.15, -0.1) is 0 Å². The number of nitrogens with zero attached hydrogens (tertiary/aromatic N) is 1. The molecule has 1 rings (SSSR count). The van der Waals surface area contributed by atoms with E-state index in [2.05, 4.69) is 5.32 Å². The van der Waals surface area contributed by atoms with E-state index in [1.807, 2.05) is 24.1 Å². The number of hydrogen-bond acceptors (Lipinski definition) is 4. The third-order valence-electron chi connectivity index (χ3n) is 2.54. The second-order valence-electron chi connectivity index (χ2n) is 3.91. The molecule has 0 unspecified atom stereocenters. The van der Waals surface area contributed by atoms with Crippen LogP contribution in [0.5, 0.6) is 0 Å². The normalized spacial score (nSPS) is 9.72. The van der Waals surface area contributed by atoms with Gasteiger partial charge >= 0.3 is 5.97 Å². The molecule has 0 aromatic heterocycles. The zero-order chi connectivity index (χ0) is 13.5. The molecule has 0 aliphatic heterocycles. The summed E-state index contributed by atoms with van der Waals surface area (Å²) in [6, 6.07) is 7.21. The maximum atomic E-state index is 11.6. The topological polar surface area (TPSA) is 58.6 Å². The van der Waals surface area contributed by atoms with Crippen LogP contribution < -0.4 is 10.2 Å². The van der Waals surface area contributed by atoms with Gasteiger partial charge in [0.25, 0.3) is 0 Å². The lowest BCUT2D eigenvalue weighted by atomic mass is 10.1. The summed E-state index contributed by atoms with van der Waals surface area (Å²) in [5.74, 6) is -0.429. The van der Waals surface area contributed by atoms with Gasteiger partial charge in [-0.05, 0) is 12.1 Å². The van der Waals surface area contributed by atoms with Gasteiger partial charge in [-0.2, -0.15) is 0 Å². The highest BCUT2D eigenvalue weighted by molar-refractivity contribution is 5.95. The number of ether oxygens (including phenoxy) is 1. The molecule has 0 bridgehead atoms. The van der Waals surface area contributed by atoms with Gasteiger partial charge < -0.3 is 15.0 Å².